The molecule has 98 valence electrons. The number of hydrogen-bond acceptors (Lipinski definition) is 5. The van der Waals surface area contributed by atoms with E-state index in [-0.39, 0.29) is 0 Å². The van der Waals surface area contributed by atoms with Crippen molar-refractivity contribution in [2.45, 2.75) is 0 Å². The van der Waals surface area contributed by atoms with Crippen molar-refractivity contribution in [3.63, 3.8) is 0 Å². The number of nitrogens with zero attached hydrogens (tertiary/aromatic N) is 4. The summed E-state index contributed by atoms with van der Waals surface area (Å²) in [4.78, 5) is 13.0. The third kappa shape index (κ3) is 2.59. The average Bonchev–Trinajstić information content (AvgIpc) is 2.49. The van der Waals surface area contributed by atoms with Crippen molar-refractivity contribution >= 4 is 11.6 Å². The monoisotopic (exact) mass is 256 g/mol. The lowest BCUT2D eigenvalue weighted by molar-refractivity contribution is 0.475. The lowest BCUT2D eigenvalue weighted by atomic mass is 10.2. The largest absolute Gasteiger partial charge is 0.508 e. The van der Waals surface area contributed by atoms with Crippen molar-refractivity contribution in [2.24, 2.45) is 0 Å². The Morgan fingerprint density at radius 3 is 2.05 bits per heavy atom. The van der Waals surface area contributed by atoms with Crippen molar-refractivity contribution < 1.29 is 5.11 Å². The predicted octanol–water partition coefficient (Wildman–Crippen LogP) is 1.51. The van der Waals surface area contributed by atoms with Crippen LogP contribution in [0.4, 0.5) is 11.6 Å². The zero-order valence-electron chi connectivity index (χ0n) is 10.6. The molecule has 19 heavy (non-hydrogen) atoms. The average molecular weight is 256 g/mol. The molecule has 1 aromatic heterocycles. The Morgan fingerprint density at radius 2 is 1.42 bits per heavy atom. The highest BCUT2D eigenvalue weighted by molar-refractivity contribution is 5.50. The van der Waals surface area contributed by atoms with E-state index in [0.29, 0.717) is 5.75 Å². The van der Waals surface area contributed by atoms with E-state index >= 15 is 0 Å². The second-order valence-corrected chi connectivity index (χ2v) is 4.54. The lowest BCUT2D eigenvalue weighted by Gasteiger charge is -2.36. The first-order valence-electron chi connectivity index (χ1n) is 6.39. The molecular formula is C14H16N4O. The Morgan fingerprint density at radius 1 is 0.842 bits per heavy atom. The van der Waals surface area contributed by atoms with Crippen LogP contribution in [0.1, 0.15) is 0 Å². The van der Waals surface area contributed by atoms with E-state index in [1.807, 2.05) is 18.2 Å². The van der Waals surface area contributed by atoms with Crippen LogP contribution >= 0.6 is 0 Å². The smallest absolute Gasteiger partial charge is 0.225 e. The summed E-state index contributed by atoms with van der Waals surface area (Å²) in [6.07, 6.45) is 3.55. The van der Waals surface area contributed by atoms with Gasteiger partial charge in [-0.15, -0.1) is 0 Å². The molecule has 1 saturated heterocycles. The van der Waals surface area contributed by atoms with E-state index < -0.39 is 0 Å². The molecule has 0 atom stereocenters. The minimum atomic E-state index is 0.306. The predicted molar refractivity (Wildman–Crippen MR) is 74.6 cm³/mol. The van der Waals surface area contributed by atoms with E-state index in [0.717, 1.165) is 37.8 Å². The minimum absolute atomic E-state index is 0.306. The number of hydrogen-bond donors (Lipinski definition) is 1. The molecule has 2 heterocycles. The molecule has 1 aliphatic heterocycles. The number of piperazine rings is 1. The SMILES string of the molecule is Oc1ccc(N2CCN(c3ncccn3)CC2)cc1. The van der Waals surface area contributed by atoms with Gasteiger partial charge in [0, 0.05) is 44.3 Å². The van der Waals surface area contributed by atoms with Gasteiger partial charge in [-0.1, -0.05) is 0 Å². The summed E-state index contributed by atoms with van der Waals surface area (Å²) >= 11 is 0. The van der Waals surface area contributed by atoms with E-state index in [1.54, 1.807) is 24.5 Å². The molecule has 0 aliphatic carbocycles. The van der Waals surface area contributed by atoms with Crippen molar-refractivity contribution in [3.05, 3.63) is 42.7 Å². The van der Waals surface area contributed by atoms with E-state index in [2.05, 4.69) is 19.8 Å². The third-order valence-corrected chi connectivity index (χ3v) is 3.33. The first-order chi connectivity index (χ1) is 9.33. The molecule has 0 amide bonds. The molecule has 5 nitrogen and oxygen atoms in total. The Balaban J connectivity index is 1.65. The Labute approximate surface area is 112 Å². The molecule has 0 spiro atoms. The highest BCUT2D eigenvalue weighted by atomic mass is 16.3. The Kier molecular flexibility index (Phi) is 3.18. The van der Waals surface area contributed by atoms with Crippen LogP contribution in [0.15, 0.2) is 42.7 Å². The summed E-state index contributed by atoms with van der Waals surface area (Å²) in [5.41, 5.74) is 1.14. The standard InChI is InChI=1S/C14H16N4O/c19-13-4-2-12(3-5-13)17-8-10-18(11-9-17)14-15-6-1-7-16-14/h1-7,19H,8-11H2. The number of phenolic OH excluding ortho intramolecular Hbond substituents is 1. The molecule has 0 radical (unpaired) electrons. The molecule has 0 bridgehead atoms. The van der Waals surface area contributed by atoms with Crippen LogP contribution in [0.5, 0.6) is 5.75 Å². The zero-order valence-corrected chi connectivity index (χ0v) is 10.6. The van der Waals surface area contributed by atoms with Crippen LogP contribution in [0, 0.1) is 0 Å². The molecule has 3 rings (SSSR count). The van der Waals surface area contributed by atoms with Gasteiger partial charge in [-0.2, -0.15) is 0 Å². The van der Waals surface area contributed by atoms with E-state index in [4.69, 9.17) is 0 Å². The van der Waals surface area contributed by atoms with Gasteiger partial charge >= 0.3 is 0 Å². The Hall–Kier alpha value is -2.30. The van der Waals surface area contributed by atoms with Gasteiger partial charge in [-0.25, -0.2) is 9.97 Å². The van der Waals surface area contributed by atoms with Crippen LogP contribution < -0.4 is 9.80 Å². The molecule has 1 fully saturated rings. The number of anilines is 2. The molecular weight excluding hydrogens is 240 g/mol. The van der Waals surface area contributed by atoms with Gasteiger partial charge in [0.05, 0.1) is 0 Å². The molecule has 1 aromatic carbocycles. The number of benzene rings is 1. The second kappa shape index (κ2) is 5.14. The maximum Gasteiger partial charge on any atom is 0.225 e. The summed E-state index contributed by atoms with van der Waals surface area (Å²) < 4.78 is 0. The number of aromatic nitrogens is 2. The topological polar surface area (TPSA) is 52.5 Å². The lowest BCUT2D eigenvalue weighted by Crippen LogP contribution is -2.47. The first kappa shape index (κ1) is 11.8. The van der Waals surface area contributed by atoms with Gasteiger partial charge < -0.3 is 14.9 Å². The fourth-order valence-electron chi connectivity index (χ4n) is 2.28. The minimum Gasteiger partial charge on any atom is -0.508 e. The van der Waals surface area contributed by atoms with Gasteiger partial charge in [-0.3, -0.25) is 0 Å². The van der Waals surface area contributed by atoms with Crippen LogP contribution in [0.3, 0.4) is 0 Å². The summed E-state index contributed by atoms with van der Waals surface area (Å²) in [5, 5.41) is 9.30. The normalized spacial score (nSPS) is 15.6. The molecule has 0 unspecified atom stereocenters. The summed E-state index contributed by atoms with van der Waals surface area (Å²) in [5.74, 6) is 1.10. The summed E-state index contributed by atoms with van der Waals surface area (Å²) in [6, 6.07) is 9.17. The number of phenols is 1. The highest BCUT2D eigenvalue weighted by Gasteiger charge is 2.18. The van der Waals surface area contributed by atoms with Crippen molar-refractivity contribution in [1.29, 1.82) is 0 Å². The first-order valence-corrected chi connectivity index (χ1v) is 6.39. The molecule has 1 aliphatic rings. The van der Waals surface area contributed by atoms with Crippen LogP contribution in [0.25, 0.3) is 0 Å². The maximum atomic E-state index is 9.30. The van der Waals surface area contributed by atoms with Gasteiger partial charge in [0.2, 0.25) is 5.95 Å². The van der Waals surface area contributed by atoms with E-state index in [9.17, 15) is 5.11 Å². The van der Waals surface area contributed by atoms with Gasteiger partial charge in [0.15, 0.2) is 0 Å². The summed E-state index contributed by atoms with van der Waals surface area (Å²) in [6.45, 7) is 3.68. The van der Waals surface area contributed by atoms with Gasteiger partial charge in [-0.05, 0) is 30.3 Å². The van der Waals surface area contributed by atoms with Crippen molar-refractivity contribution in [3.8, 4) is 5.75 Å². The van der Waals surface area contributed by atoms with Crippen LogP contribution in [-0.4, -0.2) is 41.3 Å². The van der Waals surface area contributed by atoms with Gasteiger partial charge in [0.1, 0.15) is 5.75 Å². The van der Waals surface area contributed by atoms with Crippen molar-refractivity contribution in [1.82, 2.24) is 9.97 Å². The number of aromatic hydroxyl groups is 1. The fourth-order valence-corrected chi connectivity index (χ4v) is 2.28. The van der Waals surface area contributed by atoms with Crippen LogP contribution in [0.2, 0.25) is 0 Å². The Bertz CT molecular complexity index is 521. The molecule has 2 aromatic rings. The summed E-state index contributed by atoms with van der Waals surface area (Å²) in [7, 11) is 0. The fraction of sp³-hybridized carbons (Fsp3) is 0.286. The third-order valence-electron chi connectivity index (χ3n) is 3.33. The second-order valence-electron chi connectivity index (χ2n) is 4.54. The van der Waals surface area contributed by atoms with Crippen molar-refractivity contribution in [2.75, 3.05) is 36.0 Å². The highest BCUT2D eigenvalue weighted by Crippen LogP contribution is 2.20. The van der Waals surface area contributed by atoms with Gasteiger partial charge in [0.25, 0.3) is 0 Å². The molecule has 0 saturated carbocycles. The maximum absolute atomic E-state index is 9.30. The molecule has 5 heteroatoms. The van der Waals surface area contributed by atoms with Crippen LogP contribution in [-0.2, 0) is 0 Å². The number of rotatable bonds is 2. The molecule has 1 N–H and O–H groups in total. The quantitative estimate of drug-likeness (QED) is 0.882. The van der Waals surface area contributed by atoms with E-state index in [1.165, 1.54) is 0 Å². The zero-order chi connectivity index (χ0) is 13.1.